The molecule has 5 heteroatoms. The van der Waals surface area contributed by atoms with Crippen molar-refractivity contribution in [1.82, 2.24) is 14.9 Å². The molecule has 0 atom stereocenters. The number of hydrogen-bond donors (Lipinski definition) is 2. The molecule has 1 heterocycles. The topological polar surface area (TPSA) is 72.9 Å². The number of nitrogens with one attached hydrogen (secondary N) is 1. The maximum absolute atomic E-state index is 11.7. The maximum atomic E-state index is 11.7. The van der Waals surface area contributed by atoms with Crippen molar-refractivity contribution in [2.75, 3.05) is 12.3 Å². The van der Waals surface area contributed by atoms with E-state index in [2.05, 4.69) is 10.3 Å². The minimum absolute atomic E-state index is 0.243. The summed E-state index contributed by atoms with van der Waals surface area (Å²) in [5.41, 5.74) is 7.14. The van der Waals surface area contributed by atoms with Crippen molar-refractivity contribution in [3.05, 3.63) is 52.6 Å². The zero-order valence-corrected chi connectivity index (χ0v) is 11.2. The number of anilines is 1. The molecule has 3 rings (SSSR count). The molecule has 1 aliphatic rings. The molecular formula is C15H18N4O. The van der Waals surface area contributed by atoms with E-state index in [0.717, 1.165) is 24.7 Å². The van der Waals surface area contributed by atoms with Crippen LogP contribution in [0.4, 0.5) is 5.82 Å². The number of aromatic nitrogens is 2. The number of rotatable bonds is 5. The van der Waals surface area contributed by atoms with Crippen molar-refractivity contribution in [2.45, 2.75) is 19.4 Å². The second-order valence-corrected chi connectivity index (χ2v) is 5.25. The molecule has 1 fully saturated rings. The first-order valence-electron chi connectivity index (χ1n) is 6.87. The summed E-state index contributed by atoms with van der Waals surface area (Å²) < 4.78 is 1.48. The van der Waals surface area contributed by atoms with Crippen LogP contribution in [0.3, 0.4) is 0 Å². The fourth-order valence-corrected chi connectivity index (χ4v) is 2.13. The highest BCUT2D eigenvalue weighted by Gasteiger charge is 2.19. The molecule has 5 nitrogen and oxygen atoms in total. The quantitative estimate of drug-likeness (QED) is 0.859. The van der Waals surface area contributed by atoms with Crippen molar-refractivity contribution in [2.24, 2.45) is 5.92 Å². The molecule has 0 amide bonds. The molecule has 0 radical (unpaired) electrons. The van der Waals surface area contributed by atoms with Crippen LogP contribution < -0.4 is 16.7 Å². The van der Waals surface area contributed by atoms with Gasteiger partial charge in [-0.25, -0.2) is 4.79 Å². The fourth-order valence-electron chi connectivity index (χ4n) is 2.13. The van der Waals surface area contributed by atoms with Gasteiger partial charge in [0.2, 0.25) is 0 Å². The molecule has 1 aromatic heterocycles. The Morgan fingerprint density at radius 3 is 2.65 bits per heavy atom. The number of nitrogen functional groups attached to an aromatic ring is 1. The molecule has 0 bridgehead atoms. The largest absolute Gasteiger partial charge is 0.383 e. The minimum atomic E-state index is -0.357. The Labute approximate surface area is 117 Å². The second kappa shape index (κ2) is 5.46. The molecule has 0 unspecified atom stereocenters. The van der Waals surface area contributed by atoms with Gasteiger partial charge in [0, 0.05) is 12.7 Å². The summed E-state index contributed by atoms with van der Waals surface area (Å²) in [6.07, 6.45) is 4.36. The first-order chi connectivity index (χ1) is 9.72. The van der Waals surface area contributed by atoms with Gasteiger partial charge in [-0.2, -0.15) is 4.98 Å². The van der Waals surface area contributed by atoms with E-state index in [1.165, 1.54) is 23.0 Å². The number of nitrogens with zero attached hydrogens (tertiary/aromatic N) is 2. The Morgan fingerprint density at radius 1 is 1.25 bits per heavy atom. The lowest BCUT2D eigenvalue weighted by molar-refractivity contribution is 0.638. The summed E-state index contributed by atoms with van der Waals surface area (Å²) >= 11 is 0. The molecule has 0 spiro atoms. The summed E-state index contributed by atoms with van der Waals surface area (Å²) in [5, 5.41) is 3.44. The van der Waals surface area contributed by atoms with E-state index in [9.17, 15) is 4.79 Å². The smallest absolute Gasteiger partial charge is 0.354 e. The highest BCUT2D eigenvalue weighted by Crippen LogP contribution is 2.27. The fraction of sp³-hybridized carbons (Fsp3) is 0.333. The van der Waals surface area contributed by atoms with E-state index < -0.39 is 0 Å². The van der Waals surface area contributed by atoms with Gasteiger partial charge in [-0.1, -0.05) is 12.1 Å². The molecule has 20 heavy (non-hydrogen) atoms. The maximum Gasteiger partial charge on any atom is 0.354 e. The average Bonchev–Trinajstić information content (AvgIpc) is 3.24. The first-order valence-corrected chi connectivity index (χ1v) is 6.87. The molecule has 104 valence electrons. The van der Waals surface area contributed by atoms with Crippen molar-refractivity contribution < 1.29 is 0 Å². The Balaban J connectivity index is 1.69. The molecule has 1 saturated carbocycles. The zero-order valence-electron chi connectivity index (χ0n) is 11.2. The van der Waals surface area contributed by atoms with Crippen molar-refractivity contribution >= 4 is 5.82 Å². The van der Waals surface area contributed by atoms with Gasteiger partial charge in [-0.15, -0.1) is 0 Å². The molecule has 1 aromatic carbocycles. The van der Waals surface area contributed by atoms with Crippen LogP contribution in [0.1, 0.15) is 18.4 Å². The lowest BCUT2D eigenvalue weighted by Gasteiger charge is -2.07. The zero-order chi connectivity index (χ0) is 13.9. The van der Waals surface area contributed by atoms with E-state index >= 15 is 0 Å². The lowest BCUT2D eigenvalue weighted by atomic mass is 10.2. The highest BCUT2D eigenvalue weighted by molar-refractivity contribution is 5.36. The molecule has 0 saturated heterocycles. The van der Waals surface area contributed by atoms with Crippen LogP contribution in [0.15, 0.2) is 41.3 Å². The van der Waals surface area contributed by atoms with Gasteiger partial charge < -0.3 is 11.1 Å². The third-order valence-electron chi connectivity index (χ3n) is 3.50. The van der Waals surface area contributed by atoms with Gasteiger partial charge >= 0.3 is 5.69 Å². The van der Waals surface area contributed by atoms with Gasteiger partial charge in [-0.05, 0) is 49.1 Å². The van der Waals surface area contributed by atoms with Gasteiger partial charge in [-0.3, -0.25) is 4.57 Å². The van der Waals surface area contributed by atoms with Crippen LogP contribution in [0.2, 0.25) is 0 Å². The number of hydrogen-bond acceptors (Lipinski definition) is 4. The van der Waals surface area contributed by atoms with Gasteiger partial charge in [0.05, 0.1) is 5.69 Å². The lowest BCUT2D eigenvalue weighted by Crippen LogP contribution is -2.21. The van der Waals surface area contributed by atoms with Crippen molar-refractivity contribution in [1.29, 1.82) is 0 Å². The van der Waals surface area contributed by atoms with Gasteiger partial charge in [0.25, 0.3) is 0 Å². The van der Waals surface area contributed by atoms with Crippen LogP contribution in [0.25, 0.3) is 5.69 Å². The summed E-state index contributed by atoms with van der Waals surface area (Å²) in [4.78, 5) is 15.5. The van der Waals surface area contributed by atoms with E-state index in [1.54, 1.807) is 12.3 Å². The van der Waals surface area contributed by atoms with Crippen LogP contribution in [-0.2, 0) is 6.54 Å². The average molecular weight is 270 g/mol. The third kappa shape index (κ3) is 3.05. The molecule has 1 aliphatic carbocycles. The van der Waals surface area contributed by atoms with E-state index in [4.69, 9.17) is 5.73 Å². The van der Waals surface area contributed by atoms with Crippen LogP contribution >= 0.6 is 0 Å². The van der Waals surface area contributed by atoms with Gasteiger partial charge in [0.15, 0.2) is 0 Å². The third-order valence-corrected chi connectivity index (χ3v) is 3.50. The number of benzene rings is 1. The minimum Gasteiger partial charge on any atom is -0.383 e. The van der Waals surface area contributed by atoms with Crippen molar-refractivity contribution in [3.8, 4) is 5.69 Å². The van der Waals surface area contributed by atoms with Crippen LogP contribution in [0.5, 0.6) is 0 Å². The Hall–Kier alpha value is -2.14. The van der Waals surface area contributed by atoms with E-state index in [1.807, 2.05) is 24.3 Å². The summed E-state index contributed by atoms with van der Waals surface area (Å²) in [6, 6.07) is 9.52. The van der Waals surface area contributed by atoms with E-state index in [-0.39, 0.29) is 11.5 Å². The summed E-state index contributed by atoms with van der Waals surface area (Å²) in [5.74, 6) is 1.13. The Morgan fingerprint density at radius 2 is 2.00 bits per heavy atom. The standard InChI is InChI=1S/C15H18N4O/c16-14-7-8-19(15(20)18-14)13-5-3-12(4-6-13)10-17-9-11-1-2-11/h3-8,11,17H,1-2,9-10H2,(H2,16,18,20). The second-order valence-electron chi connectivity index (χ2n) is 5.25. The molecule has 0 aliphatic heterocycles. The summed E-state index contributed by atoms with van der Waals surface area (Å²) in [6.45, 7) is 1.97. The van der Waals surface area contributed by atoms with Crippen LogP contribution in [0, 0.1) is 5.92 Å². The monoisotopic (exact) mass is 270 g/mol. The highest BCUT2D eigenvalue weighted by atomic mass is 16.1. The normalized spacial score (nSPS) is 14.4. The van der Waals surface area contributed by atoms with Gasteiger partial charge in [0.1, 0.15) is 5.82 Å². The number of nitrogens with two attached hydrogens (primary N) is 1. The van der Waals surface area contributed by atoms with E-state index in [0.29, 0.717) is 0 Å². The first kappa shape index (κ1) is 12.9. The van der Waals surface area contributed by atoms with Crippen molar-refractivity contribution in [3.63, 3.8) is 0 Å². The predicted octanol–water partition coefficient (Wildman–Crippen LogP) is 1.31. The Bertz CT molecular complexity index is 644. The van der Waals surface area contributed by atoms with Crippen LogP contribution in [-0.4, -0.2) is 16.1 Å². The molecule has 2 aromatic rings. The molecular weight excluding hydrogens is 252 g/mol. The summed E-state index contributed by atoms with van der Waals surface area (Å²) in [7, 11) is 0. The SMILES string of the molecule is Nc1ccn(-c2ccc(CNCC3CC3)cc2)c(=O)n1. The Kier molecular flexibility index (Phi) is 3.52. The molecule has 3 N–H and O–H groups in total. The predicted molar refractivity (Wildman–Crippen MR) is 78.7 cm³/mol.